The Hall–Kier alpha value is -1.29. The van der Waals surface area contributed by atoms with Gasteiger partial charge >= 0.3 is 0 Å². The van der Waals surface area contributed by atoms with Crippen molar-refractivity contribution in [2.75, 3.05) is 0 Å². The minimum atomic E-state index is 0.267. The van der Waals surface area contributed by atoms with Crippen molar-refractivity contribution < 1.29 is 4.79 Å². The van der Waals surface area contributed by atoms with Crippen LogP contribution in [-0.2, 0) is 4.79 Å². The molecule has 0 heterocycles. The summed E-state index contributed by atoms with van der Waals surface area (Å²) in [5.41, 5.74) is 2.19. The van der Waals surface area contributed by atoms with Crippen molar-refractivity contribution >= 4 is 5.78 Å². The molecule has 0 aromatic heterocycles. The third kappa shape index (κ3) is 3.75. The van der Waals surface area contributed by atoms with E-state index >= 15 is 0 Å². The highest BCUT2D eigenvalue weighted by atomic mass is 16.1. The largest absolute Gasteiger partial charge is 0.295 e. The highest BCUT2D eigenvalue weighted by Crippen LogP contribution is 2.20. The van der Waals surface area contributed by atoms with Gasteiger partial charge in [0.05, 0.1) is 0 Å². The van der Waals surface area contributed by atoms with Crippen LogP contribution in [0.2, 0.25) is 0 Å². The molecule has 0 aromatic carbocycles. The molecule has 0 aliphatic heterocycles. The van der Waals surface area contributed by atoms with Gasteiger partial charge < -0.3 is 0 Å². The molecule has 0 bridgehead atoms. The number of carbonyl (C=O) groups excluding carboxylic acids is 1. The quantitative estimate of drug-likeness (QED) is 0.475. The van der Waals surface area contributed by atoms with Gasteiger partial charge in [-0.3, -0.25) is 4.79 Å². The van der Waals surface area contributed by atoms with Crippen molar-refractivity contribution in [2.24, 2.45) is 0 Å². The molecule has 0 saturated carbocycles. The molecule has 0 unspecified atom stereocenters. The lowest BCUT2D eigenvalue weighted by atomic mass is 9.93. The summed E-state index contributed by atoms with van der Waals surface area (Å²) in [6.07, 6.45) is 5.40. The van der Waals surface area contributed by atoms with Crippen LogP contribution in [0, 0.1) is 11.8 Å². The minimum absolute atomic E-state index is 0.267. The molecule has 0 spiro atoms. The molecule has 0 saturated heterocycles. The zero-order valence-electron chi connectivity index (χ0n) is 8.02. The maximum Gasteiger partial charge on any atom is 0.159 e. The van der Waals surface area contributed by atoms with Crippen LogP contribution in [0.25, 0.3) is 0 Å². The van der Waals surface area contributed by atoms with Crippen molar-refractivity contribution in [2.45, 2.75) is 32.6 Å². The van der Waals surface area contributed by atoms with E-state index in [2.05, 4.69) is 18.4 Å². The van der Waals surface area contributed by atoms with Crippen molar-refractivity contribution in [3.63, 3.8) is 0 Å². The molecular formula is C12H14O. The standard InChI is InChI=1S/C12H14O/c1-10(2)6-4-3-5-7-11-8-12(13)9-11/h8H,1,3,5,7,9H2,2H3. The van der Waals surface area contributed by atoms with E-state index in [1.807, 2.05) is 6.92 Å². The monoisotopic (exact) mass is 174 g/mol. The number of allylic oxidation sites excluding steroid dienone is 3. The fraction of sp³-hybridized carbons (Fsp3) is 0.417. The third-order valence-electron chi connectivity index (χ3n) is 1.87. The topological polar surface area (TPSA) is 17.1 Å². The van der Waals surface area contributed by atoms with Crippen LogP contribution in [-0.4, -0.2) is 5.78 Å². The zero-order valence-corrected chi connectivity index (χ0v) is 8.02. The summed E-state index contributed by atoms with van der Waals surface area (Å²) < 4.78 is 0. The molecule has 0 aromatic rings. The van der Waals surface area contributed by atoms with E-state index < -0.39 is 0 Å². The summed E-state index contributed by atoms with van der Waals surface area (Å²) in [5.74, 6) is 6.24. The lowest BCUT2D eigenvalue weighted by Gasteiger charge is -2.11. The Kier molecular flexibility index (Phi) is 3.52. The Morgan fingerprint density at radius 1 is 1.69 bits per heavy atom. The van der Waals surface area contributed by atoms with Gasteiger partial charge in [-0.15, -0.1) is 0 Å². The predicted octanol–water partition coefficient (Wildman–Crippen LogP) is 2.64. The summed E-state index contributed by atoms with van der Waals surface area (Å²) in [4.78, 5) is 10.6. The van der Waals surface area contributed by atoms with Gasteiger partial charge in [-0.1, -0.05) is 24.0 Å². The Bertz CT molecular complexity index is 310. The summed E-state index contributed by atoms with van der Waals surface area (Å²) >= 11 is 0. The molecular weight excluding hydrogens is 160 g/mol. The van der Waals surface area contributed by atoms with E-state index in [0.29, 0.717) is 6.42 Å². The maximum absolute atomic E-state index is 10.6. The Balaban J connectivity index is 2.09. The van der Waals surface area contributed by atoms with E-state index in [0.717, 1.165) is 24.8 Å². The molecule has 1 nitrogen and oxygen atoms in total. The lowest BCUT2D eigenvalue weighted by molar-refractivity contribution is -0.115. The first-order chi connectivity index (χ1) is 6.18. The van der Waals surface area contributed by atoms with Crippen LogP contribution in [0.5, 0.6) is 0 Å². The fourth-order valence-electron chi connectivity index (χ4n) is 1.20. The molecule has 0 amide bonds. The first kappa shape index (κ1) is 9.80. The minimum Gasteiger partial charge on any atom is -0.295 e. The first-order valence-corrected chi connectivity index (χ1v) is 4.55. The summed E-state index contributed by atoms with van der Waals surface area (Å²) in [6, 6.07) is 0. The molecule has 1 heteroatoms. The molecule has 0 N–H and O–H groups in total. The molecule has 68 valence electrons. The number of ketones is 1. The van der Waals surface area contributed by atoms with Crippen LogP contribution >= 0.6 is 0 Å². The highest BCUT2D eigenvalue weighted by Gasteiger charge is 2.13. The first-order valence-electron chi connectivity index (χ1n) is 4.55. The van der Waals surface area contributed by atoms with Crippen LogP contribution in [0.1, 0.15) is 32.6 Å². The van der Waals surface area contributed by atoms with Crippen LogP contribution < -0.4 is 0 Å². The summed E-state index contributed by atoms with van der Waals surface area (Å²) in [6.45, 7) is 5.60. The highest BCUT2D eigenvalue weighted by molar-refractivity contribution is 5.98. The number of carbonyl (C=O) groups is 1. The molecule has 1 rings (SSSR count). The second-order valence-electron chi connectivity index (χ2n) is 3.38. The number of rotatable bonds is 3. The molecule has 1 aliphatic carbocycles. The Labute approximate surface area is 79.5 Å². The van der Waals surface area contributed by atoms with Crippen molar-refractivity contribution in [1.82, 2.24) is 0 Å². The SMILES string of the molecule is C=C(C)C#CCCCC1=CC(=O)C1. The van der Waals surface area contributed by atoms with E-state index in [-0.39, 0.29) is 5.78 Å². The van der Waals surface area contributed by atoms with Gasteiger partial charge in [-0.25, -0.2) is 0 Å². The number of hydrogen-bond acceptors (Lipinski definition) is 1. The second kappa shape index (κ2) is 4.67. The van der Waals surface area contributed by atoms with Gasteiger partial charge in [0, 0.05) is 12.8 Å². The molecule has 1 aliphatic rings. The zero-order chi connectivity index (χ0) is 9.68. The third-order valence-corrected chi connectivity index (χ3v) is 1.87. The van der Waals surface area contributed by atoms with Crippen LogP contribution in [0.3, 0.4) is 0 Å². The summed E-state index contributed by atoms with van der Waals surface area (Å²) in [5, 5.41) is 0. The average molecular weight is 174 g/mol. The fourth-order valence-corrected chi connectivity index (χ4v) is 1.20. The normalized spacial score (nSPS) is 13.9. The van der Waals surface area contributed by atoms with Gasteiger partial charge in [0.15, 0.2) is 5.78 Å². The van der Waals surface area contributed by atoms with Gasteiger partial charge in [0.25, 0.3) is 0 Å². The maximum atomic E-state index is 10.6. The van der Waals surface area contributed by atoms with E-state index in [4.69, 9.17) is 0 Å². The number of hydrogen-bond donors (Lipinski definition) is 0. The molecule has 0 radical (unpaired) electrons. The molecule has 13 heavy (non-hydrogen) atoms. The summed E-state index contributed by atoms with van der Waals surface area (Å²) in [7, 11) is 0. The lowest BCUT2D eigenvalue weighted by Crippen LogP contribution is -2.07. The van der Waals surface area contributed by atoms with E-state index in [9.17, 15) is 4.79 Å². The smallest absolute Gasteiger partial charge is 0.159 e. The van der Waals surface area contributed by atoms with Gasteiger partial charge in [0.2, 0.25) is 0 Å². The van der Waals surface area contributed by atoms with Gasteiger partial charge in [-0.05, 0) is 31.4 Å². The van der Waals surface area contributed by atoms with E-state index in [1.54, 1.807) is 6.08 Å². The predicted molar refractivity (Wildman–Crippen MR) is 54.1 cm³/mol. The van der Waals surface area contributed by atoms with Crippen LogP contribution in [0.15, 0.2) is 23.8 Å². The van der Waals surface area contributed by atoms with Crippen molar-refractivity contribution in [3.05, 3.63) is 23.8 Å². The number of unbranched alkanes of at least 4 members (excludes halogenated alkanes) is 1. The average Bonchev–Trinajstić information content (AvgIpc) is 1.99. The van der Waals surface area contributed by atoms with Gasteiger partial charge in [-0.2, -0.15) is 0 Å². The van der Waals surface area contributed by atoms with Crippen molar-refractivity contribution in [1.29, 1.82) is 0 Å². The van der Waals surface area contributed by atoms with Gasteiger partial charge in [0.1, 0.15) is 0 Å². The van der Waals surface area contributed by atoms with E-state index in [1.165, 1.54) is 5.57 Å². The molecule has 0 fully saturated rings. The van der Waals surface area contributed by atoms with Crippen molar-refractivity contribution in [3.8, 4) is 11.8 Å². The Morgan fingerprint density at radius 2 is 2.38 bits per heavy atom. The Morgan fingerprint density at radius 3 is 2.92 bits per heavy atom. The second-order valence-corrected chi connectivity index (χ2v) is 3.38. The van der Waals surface area contributed by atoms with Crippen LogP contribution in [0.4, 0.5) is 0 Å². The molecule has 0 atom stereocenters.